The second kappa shape index (κ2) is 5.33. The Bertz CT molecular complexity index is 624. The third-order valence-electron chi connectivity index (χ3n) is 4.19. The average molecular weight is 273 g/mol. The molecule has 0 aromatic heterocycles. The number of halogens is 2. The topological polar surface area (TPSA) is 26.0 Å². The van der Waals surface area contributed by atoms with E-state index in [-0.39, 0.29) is 12.0 Å². The minimum absolute atomic E-state index is 0.0342. The molecule has 2 unspecified atom stereocenters. The molecule has 0 heterocycles. The Labute approximate surface area is 117 Å². The first-order valence-electron chi connectivity index (χ1n) is 6.92. The predicted octanol–water partition coefficient (Wildman–Crippen LogP) is 3.77. The minimum Gasteiger partial charge on any atom is -0.324 e. The third kappa shape index (κ3) is 2.46. The number of aryl methyl sites for hydroxylation is 1. The van der Waals surface area contributed by atoms with Gasteiger partial charge in [0.1, 0.15) is 0 Å². The number of fused-ring (bicyclic) bond motifs is 1. The number of hydrogen-bond acceptors (Lipinski definition) is 1. The quantitative estimate of drug-likeness (QED) is 0.885. The van der Waals surface area contributed by atoms with Crippen LogP contribution in [0.4, 0.5) is 8.78 Å². The van der Waals surface area contributed by atoms with Crippen LogP contribution >= 0.6 is 0 Å². The van der Waals surface area contributed by atoms with Crippen molar-refractivity contribution < 1.29 is 8.78 Å². The maximum absolute atomic E-state index is 13.3. The van der Waals surface area contributed by atoms with Crippen molar-refractivity contribution in [3.63, 3.8) is 0 Å². The van der Waals surface area contributed by atoms with Crippen LogP contribution in [0, 0.1) is 17.6 Å². The molecule has 1 aliphatic carbocycles. The normalized spacial score (nSPS) is 21.6. The highest BCUT2D eigenvalue weighted by Crippen LogP contribution is 2.34. The van der Waals surface area contributed by atoms with E-state index in [0.717, 1.165) is 18.4 Å². The molecular formula is C17H17F2N. The second-order valence-electron chi connectivity index (χ2n) is 5.48. The fourth-order valence-electron chi connectivity index (χ4n) is 3.06. The summed E-state index contributed by atoms with van der Waals surface area (Å²) >= 11 is 0. The van der Waals surface area contributed by atoms with Gasteiger partial charge in [0, 0.05) is 6.04 Å². The molecule has 2 atom stereocenters. The molecule has 0 saturated heterocycles. The van der Waals surface area contributed by atoms with Crippen molar-refractivity contribution >= 4 is 0 Å². The van der Waals surface area contributed by atoms with Crippen molar-refractivity contribution in [3.8, 4) is 0 Å². The molecule has 0 fully saturated rings. The van der Waals surface area contributed by atoms with E-state index in [1.54, 1.807) is 6.07 Å². The number of benzene rings is 2. The van der Waals surface area contributed by atoms with Crippen LogP contribution in [-0.2, 0) is 12.8 Å². The van der Waals surface area contributed by atoms with E-state index in [0.29, 0.717) is 6.42 Å². The first-order chi connectivity index (χ1) is 9.65. The molecule has 3 rings (SSSR count). The van der Waals surface area contributed by atoms with Gasteiger partial charge in [-0.05, 0) is 54.0 Å². The monoisotopic (exact) mass is 273 g/mol. The lowest BCUT2D eigenvalue weighted by Gasteiger charge is -2.31. The standard InChI is InChI=1S/C17H17F2N/c18-15-8-5-11(10-16(15)19)9-13-7-6-12-3-1-2-4-14(12)17(13)20/h1-5,8,10,13,17H,6-7,9,20H2. The van der Waals surface area contributed by atoms with Gasteiger partial charge in [0.2, 0.25) is 0 Å². The van der Waals surface area contributed by atoms with E-state index >= 15 is 0 Å². The first-order valence-corrected chi connectivity index (χ1v) is 6.92. The van der Waals surface area contributed by atoms with E-state index in [1.165, 1.54) is 23.3 Å². The Hall–Kier alpha value is -1.74. The Kier molecular flexibility index (Phi) is 3.53. The molecule has 0 saturated carbocycles. The van der Waals surface area contributed by atoms with Crippen LogP contribution in [-0.4, -0.2) is 0 Å². The Morgan fingerprint density at radius 1 is 1.05 bits per heavy atom. The number of hydrogen-bond donors (Lipinski definition) is 1. The van der Waals surface area contributed by atoms with Gasteiger partial charge in [-0.25, -0.2) is 8.78 Å². The van der Waals surface area contributed by atoms with Crippen molar-refractivity contribution in [2.75, 3.05) is 0 Å². The van der Waals surface area contributed by atoms with Gasteiger partial charge in [-0.3, -0.25) is 0 Å². The van der Waals surface area contributed by atoms with Gasteiger partial charge in [-0.15, -0.1) is 0 Å². The molecule has 0 bridgehead atoms. The molecule has 104 valence electrons. The first kappa shape index (κ1) is 13.3. The van der Waals surface area contributed by atoms with Gasteiger partial charge >= 0.3 is 0 Å². The van der Waals surface area contributed by atoms with Gasteiger partial charge in [-0.1, -0.05) is 30.3 Å². The summed E-state index contributed by atoms with van der Waals surface area (Å²) in [5.74, 6) is -1.31. The zero-order valence-corrected chi connectivity index (χ0v) is 11.2. The molecule has 2 N–H and O–H groups in total. The summed E-state index contributed by atoms with van der Waals surface area (Å²) in [5.41, 5.74) is 9.64. The maximum Gasteiger partial charge on any atom is 0.159 e. The van der Waals surface area contributed by atoms with Gasteiger partial charge in [0.15, 0.2) is 11.6 Å². The van der Waals surface area contributed by atoms with E-state index in [2.05, 4.69) is 12.1 Å². The molecule has 1 aliphatic rings. The van der Waals surface area contributed by atoms with Gasteiger partial charge < -0.3 is 5.73 Å². The lowest BCUT2D eigenvalue weighted by Crippen LogP contribution is -2.28. The molecule has 0 amide bonds. The van der Waals surface area contributed by atoms with Crippen LogP contribution in [0.5, 0.6) is 0 Å². The summed E-state index contributed by atoms with van der Waals surface area (Å²) in [6, 6.07) is 12.3. The fraction of sp³-hybridized carbons (Fsp3) is 0.294. The molecule has 2 aromatic rings. The summed E-state index contributed by atoms with van der Waals surface area (Å²) in [6.07, 6.45) is 2.67. The largest absolute Gasteiger partial charge is 0.324 e. The van der Waals surface area contributed by atoms with Gasteiger partial charge in [-0.2, -0.15) is 0 Å². The highest BCUT2D eigenvalue weighted by Gasteiger charge is 2.26. The van der Waals surface area contributed by atoms with Crippen LogP contribution in [0.3, 0.4) is 0 Å². The van der Waals surface area contributed by atoms with Crippen LogP contribution in [0.1, 0.15) is 29.2 Å². The summed E-state index contributed by atoms with van der Waals surface area (Å²) < 4.78 is 26.2. The highest BCUT2D eigenvalue weighted by molar-refractivity contribution is 5.33. The second-order valence-corrected chi connectivity index (χ2v) is 5.48. The minimum atomic E-state index is -0.799. The molecule has 3 heteroatoms. The smallest absolute Gasteiger partial charge is 0.159 e. The number of rotatable bonds is 2. The van der Waals surface area contributed by atoms with Crippen molar-refractivity contribution in [2.45, 2.75) is 25.3 Å². The number of nitrogens with two attached hydrogens (primary N) is 1. The molecule has 2 aromatic carbocycles. The zero-order chi connectivity index (χ0) is 14.1. The Morgan fingerprint density at radius 3 is 2.65 bits per heavy atom. The molecule has 0 aliphatic heterocycles. The molecule has 0 spiro atoms. The van der Waals surface area contributed by atoms with E-state index in [1.807, 2.05) is 12.1 Å². The fourth-order valence-corrected chi connectivity index (χ4v) is 3.06. The van der Waals surface area contributed by atoms with Crippen LogP contribution < -0.4 is 5.73 Å². The average Bonchev–Trinajstić information content (AvgIpc) is 2.46. The Morgan fingerprint density at radius 2 is 1.85 bits per heavy atom. The Balaban J connectivity index is 1.81. The van der Waals surface area contributed by atoms with E-state index in [9.17, 15) is 8.78 Å². The molecule has 20 heavy (non-hydrogen) atoms. The van der Waals surface area contributed by atoms with E-state index < -0.39 is 11.6 Å². The summed E-state index contributed by atoms with van der Waals surface area (Å²) in [4.78, 5) is 0. The summed E-state index contributed by atoms with van der Waals surface area (Å²) in [5, 5.41) is 0. The van der Waals surface area contributed by atoms with Gasteiger partial charge in [0.05, 0.1) is 0 Å². The SMILES string of the molecule is NC1c2ccccc2CCC1Cc1ccc(F)c(F)c1. The van der Waals surface area contributed by atoms with Crippen LogP contribution in [0.15, 0.2) is 42.5 Å². The van der Waals surface area contributed by atoms with Crippen molar-refractivity contribution in [3.05, 3.63) is 70.8 Å². The van der Waals surface area contributed by atoms with Gasteiger partial charge in [0.25, 0.3) is 0 Å². The molecular weight excluding hydrogens is 256 g/mol. The summed E-state index contributed by atoms with van der Waals surface area (Å²) in [6.45, 7) is 0. The van der Waals surface area contributed by atoms with Crippen LogP contribution in [0.2, 0.25) is 0 Å². The molecule has 1 nitrogen and oxygen atoms in total. The zero-order valence-electron chi connectivity index (χ0n) is 11.2. The molecule has 0 radical (unpaired) electrons. The van der Waals surface area contributed by atoms with Crippen molar-refractivity contribution in [1.82, 2.24) is 0 Å². The lowest BCUT2D eigenvalue weighted by molar-refractivity contribution is 0.375. The summed E-state index contributed by atoms with van der Waals surface area (Å²) in [7, 11) is 0. The third-order valence-corrected chi connectivity index (χ3v) is 4.19. The van der Waals surface area contributed by atoms with Crippen molar-refractivity contribution in [2.24, 2.45) is 11.7 Å². The lowest BCUT2D eigenvalue weighted by atomic mass is 9.77. The van der Waals surface area contributed by atoms with Crippen molar-refractivity contribution in [1.29, 1.82) is 0 Å². The maximum atomic E-state index is 13.3. The highest BCUT2D eigenvalue weighted by atomic mass is 19.2. The van der Waals surface area contributed by atoms with Crippen LogP contribution in [0.25, 0.3) is 0 Å². The van der Waals surface area contributed by atoms with E-state index in [4.69, 9.17) is 5.73 Å². The predicted molar refractivity (Wildman–Crippen MR) is 75.2 cm³/mol.